The van der Waals surface area contributed by atoms with Gasteiger partial charge in [-0.05, 0) is 19.3 Å². The Balaban J connectivity index is 0.00000529. The molecule has 142 valence electrons. The molecule has 0 spiro atoms. The second kappa shape index (κ2) is 14.7. The van der Waals surface area contributed by atoms with Gasteiger partial charge in [0.05, 0.1) is 6.10 Å². The summed E-state index contributed by atoms with van der Waals surface area (Å²) in [5, 5.41) is 9.32. The Kier molecular flexibility index (Phi) is 14.4. The summed E-state index contributed by atoms with van der Waals surface area (Å²) >= 11 is 0. The molecule has 3 N–H and O–H groups in total. The van der Waals surface area contributed by atoms with E-state index in [4.69, 9.17) is 4.74 Å². The zero-order chi connectivity index (χ0) is 16.9. The topological polar surface area (TPSA) is 74.8 Å². The molecule has 0 aromatic heterocycles. The lowest BCUT2D eigenvalue weighted by molar-refractivity contribution is -0.123. The Morgan fingerprint density at radius 1 is 1.08 bits per heavy atom. The van der Waals surface area contributed by atoms with Crippen LogP contribution in [0.25, 0.3) is 0 Å². The summed E-state index contributed by atoms with van der Waals surface area (Å²) in [5.41, 5.74) is 0. The van der Waals surface area contributed by atoms with Gasteiger partial charge in [-0.2, -0.15) is 0 Å². The number of carbonyl (C=O) groups is 1. The van der Waals surface area contributed by atoms with E-state index in [-0.39, 0.29) is 35.8 Å². The highest BCUT2D eigenvalue weighted by atomic mass is 127. The lowest BCUT2D eigenvalue weighted by Gasteiger charge is -2.22. The van der Waals surface area contributed by atoms with E-state index in [1.807, 2.05) is 13.8 Å². The summed E-state index contributed by atoms with van der Waals surface area (Å²) in [6, 6.07) is 0. The molecule has 0 aromatic carbocycles. The van der Waals surface area contributed by atoms with Crippen molar-refractivity contribution < 1.29 is 9.53 Å². The SMILES string of the molecule is CN=C(NCCCOC1CCCCC1)NCCNC(=O)C(C)C.I. The van der Waals surface area contributed by atoms with Crippen molar-refractivity contribution in [1.29, 1.82) is 0 Å². The average Bonchev–Trinajstić information content (AvgIpc) is 2.57. The molecule has 0 unspecified atom stereocenters. The van der Waals surface area contributed by atoms with Crippen LogP contribution in [0, 0.1) is 5.92 Å². The molecule has 1 rings (SSSR count). The van der Waals surface area contributed by atoms with Crippen LogP contribution in [0.1, 0.15) is 52.4 Å². The molecular formula is C17H35IN4O2. The first-order valence-electron chi connectivity index (χ1n) is 8.97. The second-order valence-electron chi connectivity index (χ2n) is 6.36. The molecule has 1 saturated carbocycles. The van der Waals surface area contributed by atoms with Gasteiger partial charge < -0.3 is 20.7 Å². The molecule has 0 bridgehead atoms. The minimum absolute atomic E-state index is 0. The molecule has 7 heteroatoms. The molecule has 0 aliphatic heterocycles. The van der Waals surface area contributed by atoms with Crippen LogP contribution in [-0.2, 0) is 9.53 Å². The Morgan fingerprint density at radius 2 is 1.71 bits per heavy atom. The van der Waals surface area contributed by atoms with Gasteiger partial charge in [0.2, 0.25) is 5.91 Å². The fraction of sp³-hybridized carbons (Fsp3) is 0.882. The van der Waals surface area contributed by atoms with Crippen LogP contribution in [0.4, 0.5) is 0 Å². The van der Waals surface area contributed by atoms with Crippen LogP contribution < -0.4 is 16.0 Å². The van der Waals surface area contributed by atoms with Gasteiger partial charge in [0.25, 0.3) is 0 Å². The van der Waals surface area contributed by atoms with Crippen molar-refractivity contribution in [3.63, 3.8) is 0 Å². The molecule has 1 amide bonds. The number of ether oxygens (including phenoxy) is 1. The molecule has 0 radical (unpaired) electrons. The van der Waals surface area contributed by atoms with Crippen molar-refractivity contribution >= 4 is 35.8 Å². The summed E-state index contributed by atoms with van der Waals surface area (Å²) in [6.45, 7) is 6.68. The number of halogens is 1. The number of guanidine groups is 1. The number of rotatable bonds is 9. The summed E-state index contributed by atoms with van der Waals surface area (Å²) in [6.07, 6.45) is 7.88. The zero-order valence-corrected chi connectivity index (χ0v) is 17.7. The first-order chi connectivity index (χ1) is 11.1. The van der Waals surface area contributed by atoms with Gasteiger partial charge in [-0.1, -0.05) is 33.1 Å². The van der Waals surface area contributed by atoms with Crippen LogP contribution in [0.3, 0.4) is 0 Å². The largest absolute Gasteiger partial charge is 0.378 e. The normalized spacial score (nSPS) is 15.8. The lowest BCUT2D eigenvalue weighted by atomic mass is 9.98. The lowest BCUT2D eigenvalue weighted by Crippen LogP contribution is -2.42. The van der Waals surface area contributed by atoms with Crippen molar-refractivity contribution in [3.8, 4) is 0 Å². The van der Waals surface area contributed by atoms with Crippen molar-refractivity contribution in [1.82, 2.24) is 16.0 Å². The first-order valence-corrected chi connectivity index (χ1v) is 8.97. The van der Waals surface area contributed by atoms with Crippen LogP contribution in [-0.4, -0.2) is 51.3 Å². The maximum atomic E-state index is 11.4. The summed E-state index contributed by atoms with van der Waals surface area (Å²) in [7, 11) is 1.75. The molecule has 24 heavy (non-hydrogen) atoms. The number of nitrogens with zero attached hydrogens (tertiary/aromatic N) is 1. The van der Waals surface area contributed by atoms with E-state index in [1.54, 1.807) is 7.05 Å². The molecule has 1 aliphatic rings. The number of nitrogens with one attached hydrogen (secondary N) is 3. The summed E-state index contributed by atoms with van der Waals surface area (Å²) in [5.74, 6) is 0.868. The van der Waals surface area contributed by atoms with E-state index in [9.17, 15) is 4.79 Å². The van der Waals surface area contributed by atoms with E-state index in [0.29, 0.717) is 19.2 Å². The Hall–Kier alpha value is -0.570. The third kappa shape index (κ3) is 11.1. The highest BCUT2D eigenvalue weighted by Gasteiger charge is 2.12. The van der Waals surface area contributed by atoms with Gasteiger partial charge in [-0.25, -0.2) is 0 Å². The van der Waals surface area contributed by atoms with E-state index in [0.717, 1.165) is 25.5 Å². The Labute approximate surface area is 164 Å². The molecule has 1 fully saturated rings. The van der Waals surface area contributed by atoms with Gasteiger partial charge in [0, 0.05) is 39.2 Å². The predicted octanol–water partition coefficient (Wildman–Crippen LogP) is 2.28. The maximum absolute atomic E-state index is 11.4. The highest BCUT2D eigenvalue weighted by molar-refractivity contribution is 14.0. The minimum Gasteiger partial charge on any atom is -0.378 e. The van der Waals surface area contributed by atoms with E-state index in [1.165, 1.54) is 32.1 Å². The van der Waals surface area contributed by atoms with Crippen molar-refractivity contribution in [3.05, 3.63) is 0 Å². The number of carbonyl (C=O) groups excluding carboxylic acids is 1. The smallest absolute Gasteiger partial charge is 0.222 e. The maximum Gasteiger partial charge on any atom is 0.222 e. The van der Waals surface area contributed by atoms with Gasteiger partial charge in [0.15, 0.2) is 5.96 Å². The van der Waals surface area contributed by atoms with Crippen LogP contribution in [0.15, 0.2) is 4.99 Å². The predicted molar refractivity (Wildman–Crippen MR) is 110 cm³/mol. The number of hydrogen-bond acceptors (Lipinski definition) is 3. The van der Waals surface area contributed by atoms with Gasteiger partial charge in [0.1, 0.15) is 0 Å². The van der Waals surface area contributed by atoms with Crippen LogP contribution >= 0.6 is 24.0 Å². The number of amides is 1. The quantitative estimate of drug-likeness (QED) is 0.216. The molecular weight excluding hydrogens is 419 g/mol. The van der Waals surface area contributed by atoms with E-state index in [2.05, 4.69) is 20.9 Å². The fourth-order valence-electron chi connectivity index (χ4n) is 2.55. The minimum atomic E-state index is 0. The molecule has 0 aromatic rings. The first kappa shape index (κ1) is 23.4. The average molecular weight is 454 g/mol. The third-order valence-electron chi connectivity index (χ3n) is 3.98. The summed E-state index contributed by atoms with van der Waals surface area (Å²) in [4.78, 5) is 15.6. The van der Waals surface area contributed by atoms with Gasteiger partial charge in [-0.15, -0.1) is 24.0 Å². The van der Waals surface area contributed by atoms with Crippen LogP contribution in [0.5, 0.6) is 0 Å². The second-order valence-corrected chi connectivity index (χ2v) is 6.36. The monoisotopic (exact) mass is 454 g/mol. The third-order valence-corrected chi connectivity index (χ3v) is 3.98. The van der Waals surface area contributed by atoms with Gasteiger partial charge >= 0.3 is 0 Å². The van der Waals surface area contributed by atoms with Crippen LogP contribution in [0.2, 0.25) is 0 Å². The highest BCUT2D eigenvalue weighted by Crippen LogP contribution is 2.20. The molecule has 0 atom stereocenters. The van der Waals surface area contributed by atoms with Gasteiger partial charge in [-0.3, -0.25) is 9.79 Å². The molecule has 0 saturated heterocycles. The number of hydrogen-bond donors (Lipinski definition) is 3. The van der Waals surface area contributed by atoms with Crippen molar-refractivity contribution in [2.45, 2.75) is 58.5 Å². The zero-order valence-electron chi connectivity index (χ0n) is 15.4. The fourth-order valence-corrected chi connectivity index (χ4v) is 2.55. The van der Waals surface area contributed by atoms with E-state index < -0.39 is 0 Å². The van der Waals surface area contributed by atoms with E-state index >= 15 is 0 Å². The summed E-state index contributed by atoms with van der Waals surface area (Å²) < 4.78 is 5.90. The molecule has 6 nitrogen and oxygen atoms in total. The molecule has 0 heterocycles. The standard InChI is InChI=1S/C17H34N4O2.HI/c1-14(2)16(22)19-11-12-21-17(18-3)20-10-7-13-23-15-8-5-4-6-9-15;/h14-15H,4-13H2,1-3H3,(H,19,22)(H2,18,20,21);1H. The Morgan fingerprint density at radius 3 is 2.33 bits per heavy atom. The number of aliphatic imine (C=N–C) groups is 1. The van der Waals surface area contributed by atoms with Crippen molar-refractivity contribution in [2.75, 3.05) is 33.3 Å². The molecule has 1 aliphatic carbocycles. The van der Waals surface area contributed by atoms with Crippen molar-refractivity contribution in [2.24, 2.45) is 10.9 Å². The Bertz CT molecular complexity index is 358.